The fraction of sp³-hybridized carbons (Fsp3) is 0.286. The summed E-state index contributed by atoms with van der Waals surface area (Å²) in [5.74, 6) is 1.49. The Bertz CT molecular complexity index is 1130. The van der Waals surface area contributed by atoms with Crippen LogP contribution in [0.5, 0.6) is 0 Å². The third-order valence-corrected chi connectivity index (χ3v) is 6.01. The Kier molecular flexibility index (Phi) is 8.68. The number of hydrogen-bond donors (Lipinski definition) is 3. The number of sulfonamides is 1. The van der Waals surface area contributed by atoms with Gasteiger partial charge in [0.1, 0.15) is 11.3 Å². The van der Waals surface area contributed by atoms with E-state index < -0.39 is 10.0 Å². The Morgan fingerprint density at radius 1 is 1.10 bits per heavy atom. The van der Waals surface area contributed by atoms with Gasteiger partial charge in [0.05, 0.1) is 18.0 Å². The third-order valence-electron chi connectivity index (χ3n) is 4.60. The van der Waals surface area contributed by atoms with Gasteiger partial charge in [-0.1, -0.05) is 30.3 Å². The van der Waals surface area contributed by atoms with Crippen molar-refractivity contribution in [3.05, 3.63) is 65.4 Å². The minimum atomic E-state index is -3.48. The topological polar surface area (TPSA) is 95.7 Å². The zero-order valence-corrected chi connectivity index (χ0v) is 20.4. The van der Waals surface area contributed by atoms with E-state index >= 15 is 0 Å². The van der Waals surface area contributed by atoms with E-state index in [1.165, 1.54) is 7.05 Å². The summed E-state index contributed by atoms with van der Waals surface area (Å²) in [4.78, 5) is 4.79. The quantitative estimate of drug-likeness (QED) is 0.241. The Labute approximate surface area is 194 Å². The van der Waals surface area contributed by atoms with Gasteiger partial charge in [0.25, 0.3) is 0 Å². The van der Waals surface area contributed by atoms with Gasteiger partial charge in [-0.3, -0.25) is 0 Å². The molecule has 1 heterocycles. The highest BCUT2D eigenvalue weighted by Gasteiger charge is 2.12. The highest BCUT2D eigenvalue weighted by atomic mass is 127. The van der Waals surface area contributed by atoms with Crippen molar-refractivity contribution in [2.75, 3.05) is 13.6 Å². The van der Waals surface area contributed by atoms with Crippen LogP contribution in [-0.4, -0.2) is 28.0 Å². The molecule has 0 atom stereocenters. The van der Waals surface area contributed by atoms with E-state index in [0.717, 1.165) is 27.9 Å². The van der Waals surface area contributed by atoms with E-state index in [-0.39, 0.29) is 28.9 Å². The molecule has 3 aromatic rings. The second kappa shape index (κ2) is 10.8. The van der Waals surface area contributed by atoms with Crippen molar-refractivity contribution in [3.63, 3.8) is 0 Å². The summed E-state index contributed by atoms with van der Waals surface area (Å²) in [6.45, 7) is 5.59. The molecular formula is C21H27IN4O3S. The summed E-state index contributed by atoms with van der Waals surface area (Å²) in [6, 6.07) is 14.7. The number of furan rings is 1. The summed E-state index contributed by atoms with van der Waals surface area (Å²) in [5.41, 5.74) is 2.78. The highest BCUT2D eigenvalue weighted by molar-refractivity contribution is 14.0. The van der Waals surface area contributed by atoms with Crippen LogP contribution in [0.25, 0.3) is 11.0 Å². The van der Waals surface area contributed by atoms with E-state index in [2.05, 4.69) is 20.3 Å². The molecule has 0 fully saturated rings. The first-order valence-electron chi connectivity index (χ1n) is 9.46. The minimum absolute atomic E-state index is 0. The highest BCUT2D eigenvalue weighted by Crippen LogP contribution is 2.24. The average molecular weight is 542 g/mol. The molecule has 3 rings (SSSR count). The van der Waals surface area contributed by atoms with Gasteiger partial charge in [0.2, 0.25) is 10.0 Å². The standard InChI is InChI=1S/C21H26N4O3S.HI/c1-4-23-21(24-13-16-8-7-9-17(12-16)29(26,27)22-3)25-14-20-15(2)18-10-5-6-11-19(18)28-20;/h5-12,22H,4,13-14H2,1-3H3,(H2,23,24,25);1H. The van der Waals surface area contributed by atoms with Crippen LogP contribution in [-0.2, 0) is 23.1 Å². The Balaban J connectivity index is 0.00000320. The molecular weight excluding hydrogens is 515 g/mol. The van der Waals surface area contributed by atoms with Gasteiger partial charge >= 0.3 is 0 Å². The van der Waals surface area contributed by atoms with E-state index in [9.17, 15) is 8.42 Å². The first-order chi connectivity index (χ1) is 13.9. The molecule has 3 N–H and O–H groups in total. The summed E-state index contributed by atoms with van der Waals surface area (Å²) in [6.07, 6.45) is 0. The van der Waals surface area contributed by atoms with Crippen molar-refractivity contribution in [1.82, 2.24) is 15.4 Å². The summed E-state index contributed by atoms with van der Waals surface area (Å²) >= 11 is 0. The zero-order valence-electron chi connectivity index (χ0n) is 17.2. The molecule has 0 saturated heterocycles. The van der Waals surface area contributed by atoms with Gasteiger partial charge in [-0.05, 0) is 44.7 Å². The van der Waals surface area contributed by atoms with Gasteiger partial charge < -0.3 is 15.1 Å². The maximum atomic E-state index is 12.0. The maximum absolute atomic E-state index is 12.0. The van der Waals surface area contributed by atoms with Gasteiger partial charge in [0.15, 0.2) is 5.96 Å². The number of halogens is 1. The Hall–Kier alpha value is -2.11. The number of fused-ring (bicyclic) bond motifs is 1. The number of hydrogen-bond acceptors (Lipinski definition) is 4. The van der Waals surface area contributed by atoms with Gasteiger partial charge in [-0.2, -0.15) is 0 Å². The number of aryl methyl sites for hydroxylation is 1. The number of nitrogens with one attached hydrogen (secondary N) is 3. The van der Waals surface area contributed by atoms with E-state index in [1.807, 2.05) is 44.2 Å². The number of nitrogens with zero attached hydrogens (tertiary/aromatic N) is 1. The summed E-state index contributed by atoms with van der Waals surface area (Å²) in [5, 5.41) is 7.58. The molecule has 2 aromatic carbocycles. The molecule has 7 nitrogen and oxygen atoms in total. The van der Waals surface area contributed by atoms with E-state index in [4.69, 9.17) is 4.42 Å². The molecule has 0 radical (unpaired) electrons. The fourth-order valence-corrected chi connectivity index (χ4v) is 3.80. The van der Waals surface area contributed by atoms with E-state index in [0.29, 0.717) is 25.6 Å². The number of benzene rings is 2. The monoisotopic (exact) mass is 542 g/mol. The molecule has 162 valence electrons. The molecule has 0 bridgehead atoms. The molecule has 9 heteroatoms. The summed E-state index contributed by atoms with van der Waals surface area (Å²) in [7, 11) is -2.08. The van der Waals surface area contributed by atoms with Crippen LogP contribution >= 0.6 is 24.0 Å². The van der Waals surface area contributed by atoms with Crippen LogP contribution in [0.4, 0.5) is 0 Å². The van der Waals surface area contributed by atoms with Crippen molar-refractivity contribution in [1.29, 1.82) is 0 Å². The predicted octanol–water partition coefficient (Wildman–Crippen LogP) is 3.52. The molecule has 0 aliphatic carbocycles. The molecule has 0 spiro atoms. The third kappa shape index (κ3) is 5.73. The van der Waals surface area contributed by atoms with Gasteiger partial charge in [0, 0.05) is 17.5 Å². The first-order valence-corrected chi connectivity index (χ1v) is 10.9. The van der Waals surface area contributed by atoms with Gasteiger partial charge in [-0.25, -0.2) is 18.1 Å². The molecule has 0 amide bonds. The van der Waals surface area contributed by atoms with E-state index in [1.54, 1.807) is 18.2 Å². The van der Waals surface area contributed by atoms with Gasteiger partial charge in [-0.15, -0.1) is 24.0 Å². The van der Waals surface area contributed by atoms with Crippen LogP contribution in [0, 0.1) is 6.92 Å². The first kappa shape index (κ1) is 24.2. The number of aliphatic imine (C=N–C) groups is 1. The van der Waals surface area contributed by atoms with Crippen molar-refractivity contribution in [2.45, 2.75) is 31.8 Å². The molecule has 30 heavy (non-hydrogen) atoms. The maximum Gasteiger partial charge on any atom is 0.240 e. The second-order valence-electron chi connectivity index (χ2n) is 6.55. The smallest absolute Gasteiger partial charge is 0.240 e. The van der Waals surface area contributed by atoms with Crippen molar-refractivity contribution in [2.24, 2.45) is 4.99 Å². The normalized spacial score (nSPS) is 11.9. The molecule has 0 aliphatic heterocycles. The lowest BCUT2D eigenvalue weighted by molar-refractivity contribution is 0.534. The largest absolute Gasteiger partial charge is 0.459 e. The lowest BCUT2D eigenvalue weighted by atomic mass is 10.1. The van der Waals surface area contributed by atoms with Crippen LogP contribution in [0.15, 0.2) is 62.8 Å². The molecule has 0 unspecified atom stereocenters. The molecule has 0 aliphatic rings. The molecule has 1 aromatic heterocycles. The number of rotatable bonds is 7. The number of guanidine groups is 1. The predicted molar refractivity (Wildman–Crippen MR) is 131 cm³/mol. The lowest BCUT2D eigenvalue weighted by Crippen LogP contribution is -2.36. The van der Waals surface area contributed by atoms with Crippen LogP contribution < -0.4 is 15.4 Å². The number of para-hydroxylation sites is 1. The molecule has 0 saturated carbocycles. The average Bonchev–Trinajstić information content (AvgIpc) is 3.06. The second-order valence-corrected chi connectivity index (χ2v) is 8.44. The van der Waals surface area contributed by atoms with Crippen molar-refractivity contribution < 1.29 is 12.8 Å². The SMILES string of the molecule is CCNC(=NCc1cccc(S(=O)(=O)NC)c1)NCc1oc2ccccc2c1C.I. The summed E-state index contributed by atoms with van der Waals surface area (Å²) < 4.78 is 32.2. The lowest BCUT2D eigenvalue weighted by Gasteiger charge is -2.11. The van der Waals surface area contributed by atoms with Crippen LogP contribution in [0.3, 0.4) is 0 Å². The van der Waals surface area contributed by atoms with Crippen LogP contribution in [0.2, 0.25) is 0 Å². The minimum Gasteiger partial charge on any atom is -0.459 e. The zero-order chi connectivity index (χ0) is 20.9. The van der Waals surface area contributed by atoms with Crippen molar-refractivity contribution in [3.8, 4) is 0 Å². The fourth-order valence-electron chi connectivity index (χ4n) is 3.00. The Morgan fingerprint density at radius 2 is 1.87 bits per heavy atom. The van der Waals surface area contributed by atoms with Crippen LogP contribution in [0.1, 0.15) is 23.8 Å². The van der Waals surface area contributed by atoms with Crippen molar-refractivity contribution >= 4 is 50.9 Å². The Morgan fingerprint density at radius 3 is 2.57 bits per heavy atom.